The molecule has 1 N–H and O–H groups in total. The van der Waals surface area contributed by atoms with Gasteiger partial charge in [-0.1, -0.05) is 48.5 Å². The monoisotopic (exact) mass is 309 g/mol. The molecule has 0 saturated carbocycles. The number of aryl methyl sites for hydroxylation is 1. The van der Waals surface area contributed by atoms with Crippen LogP contribution in [-0.2, 0) is 11.8 Å². The third-order valence-corrected chi connectivity index (χ3v) is 5.55. The molecule has 0 fully saturated rings. The molecule has 1 nitrogen and oxygen atoms in total. The number of rotatable bonds is 8. The highest BCUT2D eigenvalue weighted by Crippen LogP contribution is 2.32. The average molecular weight is 310 g/mol. The highest BCUT2D eigenvalue weighted by Gasteiger charge is 2.19. The molecule has 0 atom stereocenters. The first-order chi connectivity index (χ1) is 9.60. The summed E-state index contributed by atoms with van der Waals surface area (Å²) in [7, 11) is 0. The third kappa shape index (κ3) is 7.46. The molecule has 1 heterocycles. The molecule has 0 aliphatic carbocycles. The van der Waals surface area contributed by atoms with Gasteiger partial charge < -0.3 is 5.32 Å². The molecule has 122 valence electrons. The van der Waals surface area contributed by atoms with Crippen LogP contribution >= 0.6 is 11.3 Å². The van der Waals surface area contributed by atoms with Crippen molar-refractivity contribution in [2.75, 3.05) is 13.1 Å². The van der Waals surface area contributed by atoms with Crippen molar-refractivity contribution in [1.82, 2.24) is 5.32 Å². The summed E-state index contributed by atoms with van der Waals surface area (Å²) in [5, 5.41) is 3.57. The minimum atomic E-state index is 0.291. The van der Waals surface area contributed by atoms with Crippen LogP contribution in [0.15, 0.2) is 12.1 Å². The van der Waals surface area contributed by atoms with Crippen molar-refractivity contribution in [3.8, 4) is 0 Å². The lowest BCUT2D eigenvalue weighted by molar-refractivity contribution is 0.300. The molecule has 2 heteroatoms. The van der Waals surface area contributed by atoms with Crippen LogP contribution < -0.4 is 5.32 Å². The topological polar surface area (TPSA) is 12.0 Å². The molecule has 0 aromatic carbocycles. The zero-order valence-electron chi connectivity index (χ0n) is 15.2. The first kappa shape index (κ1) is 18.7. The maximum atomic E-state index is 3.57. The molecule has 0 saturated heterocycles. The molecule has 0 spiro atoms. The fourth-order valence-electron chi connectivity index (χ4n) is 2.32. The van der Waals surface area contributed by atoms with E-state index in [0.29, 0.717) is 10.8 Å². The Labute approximate surface area is 136 Å². The van der Waals surface area contributed by atoms with Crippen LogP contribution in [-0.4, -0.2) is 13.1 Å². The predicted molar refractivity (Wildman–Crippen MR) is 97.4 cm³/mol. The van der Waals surface area contributed by atoms with Crippen molar-refractivity contribution in [1.29, 1.82) is 0 Å². The minimum absolute atomic E-state index is 0.291. The van der Waals surface area contributed by atoms with E-state index in [1.54, 1.807) is 4.88 Å². The first-order valence-electron chi connectivity index (χ1n) is 8.40. The summed E-state index contributed by atoms with van der Waals surface area (Å²) in [4.78, 5) is 3.05. The fraction of sp³-hybridized carbons (Fsp3) is 0.789. The van der Waals surface area contributed by atoms with Gasteiger partial charge in [0, 0.05) is 9.75 Å². The predicted octanol–water partition coefficient (Wildman–Crippen LogP) is 5.64. The van der Waals surface area contributed by atoms with Crippen LogP contribution in [0, 0.1) is 11.3 Å². The first-order valence-corrected chi connectivity index (χ1v) is 9.22. The maximum absolute atomic E-state index is 3.57. The maximum Gasteiger partial charge on any atom is 0.0102 e. The fourth-order valence-corrected chi connectivity index (χ4v) is 3.38. The van der Waals surface area contributed by atoms with Gasteiger partial charge in [0.05, 0.1) is 0 Å². The van der Waals surface area contributed by atoms with E-state index >= 15 is 0 Å². The van der Waals surface area contributed by atoms with Gasteiger partial charge in [0.1, 0.15) is 0 Å². The molecular weight excluding hydrogens is 274 g/mol. The van der Waals surface area contributed by atoms with E-state index in [2.05, 4.69) is 65.9 Å². The summed E-state index contributed by atoms with van der Waals surface area (Å²) in [5.41, 5.74) is 0.717. The van der Waals surface area contributed by atoms with Crippen molar-refractivity contribution in [2.24, 2.45) is 11.3 Å². The van der Waals surface area contributed by atoms with Crippen molar-refractivity contribution < 1.29 is 0 Å². The summed E-state index contributed by atoms with van der Waals surface area (Å²) < 4.78 is 0. The second kappa shape index (κ2) is 7.78. The quantitative estimate of drug-likeness (QED) is 0.613. The molecule has 0 unspecified atom stereocenters. The Morgan fingerprint density at radius 3 is 2.24 bits per heavy atom. The lowest BCUT2D eigenvalue weighted by Gasteiger charge is -2.25. The highest BCUT2D eigenvalue weighted by molar-refractivity contribution is 7.12. The number of thiophene rings is 1. The standard InChI is InChI=1S/C19H35NS/c1-15(2)14-20-13-12-19(6,7)11-10-16-8-9-17(21-16)18(3,4)5/h8-9,15,20H,10-14H2,1-7H3. The Balaban J connectivity index is 2.37. The summed E-state index contributed by atoms with van der Waals surface area (Å²) >= 11 is 2.00. The van der Waals surface area contributed by atoms with Gasteiger partial charge in [-0.25, -0.2) is 0 Å². The van der Waals surface area contributed by atoms with E-state index in [1.807, 2.05) is 11.3 Å². The molecule has 0 aliphatic heterocycles. The number of nitrogens with one attached hydrogen (secondary N) is 1. The van der Waals surface area contributed by atoms with Crippen molar-refractivity contribution >= 4 is 11.3 Å². The van der Waals surface area contributed by atoms with E-state index in [0.717, 1.165) is 19.0 Å². The van der Waals surface area contributed by atoms with E-state index in [1.165, 1.54) is 24.1 Å². The number of hydrogen-bond donors (Lipinski definition) is 1. The third-order valence-electron chi connectivity index (χ3n) is 3.98. The Kier molecular flexibility index (Phi) is 6.93. The van der Waals surface area contributed by atoms with Crippen LogP contribution in [0.25, 0.3) is 0 Å². The Hall–Kier alpha value is -0.340. The SMILES string of the molecule is CC(C)CNCCC(C)(C)CCc1ccc(C(C)(C)C)s1. The van der Waals surface area contributed by atoms with Gasteiger partial charge in [-0.2, -0.15) is 0 Å². The Morgan fingerprint density at radius 2 is 1.71 bits per heavy atom. The van der Waals surface area contributed by atoms with Gasteiger partial charge in [0.15, 0.2) is 0 Å². The van der Waals surface area contributed by atoms with E-state index in [9.17, 15) is 0 Å². The average Bonchev–Trinajstić information content (AvgIpc) is 2.81. The number of hydrogen-bond acceptors (Lipinski definition) is 2. The zero-order valence-corrected chi connectivity index (χ0v) is 16.0. The van der Waals surface area contributed by atoms with E-state index in [4.69, 9.17) is 0 Å². The van der Waals surface area contributed by atoms with Crippen molar-refractivity contribution in [3.05, 3.63) is 21.9 Å². The molecule has 21 heavy (non-hydrogen) atoms. The Bertz CT molecular complexity index is 409. The molecule has 0 amide bonds. The summed E-state index contributed by atoms with van der Waals surface area (Å²) in [6.07, 6.45) is 3.76. The second-order valence-electron chi connectivity index (χ2n) is 8.53. The Morgan fingerprint density at radius 1 is 1.05 bits per heavy atom. The summed E-state index contributed by atoms with van der Waals surface area (Å²) in [6, 6.07) is 4.65. The molecule has 1 aromatic rings. The van der Waals surface area contributed by atoms with Crippen LogP contribution in [0.1, 0.15) is 71.1 Å². The molecule has 0 bridgehead atoms. The molecule has 1 rings (SSSR count). The van der Waals surface area contributed by atoms with Gasteiger partial charge >= 0.3 is 0 Å². The lowest BCUT2D eigenvalue weighted by Crippen LogP contribution is -2.25. The van der Waals surface area contributed by atoms with Crippen molar-refractivity contribution in [2.45, 2.75) is 73.1 Å². The zero-order chi connectivity index (χ0) is 16.1. The van der Waals surface area contributed by atoms with Crippen molar-refractivity contribution in [3.63, 3.8) is 0 Å². The highest BCUT2D eigenvalue weighted by atomic mass is 32.1. The van der Waals surface area contributed by atoms with E-state index < -0.39 is 0 Å². The minimum Gasteiger partial charge on any atom is -0.316 e. The van der Waals surface area contributed by atoms with Gasteiger partial charge in [-0.3, -0.25) is 0 Å². The van der Waals surface area contributed by atoms with Crippen LogP contribution in [0.2, 0.25) is 0 Å². The van der Waals surface area contributed by atoms with Crippen LogP contribution in [0.5, 0.6) is 0 Å². The molecule has 1 aromatic heterocycles. The summed E-state index contributed by atoms with van der Waals surface area (Å²) in [6.45, 7) is 18.5. The van der Waals surface area contributed by atoms with Gasteiger partial charge in [-0.15, -0.1) is 11.3 Å². The second-order valence-corrected chi connectivity index (χ2v) is 9.70. The molecular formula is C19H35NS. The van der Waals surface area contributed by atoms with E-state index in [-0.39, 0.29) is 0 Å². The lowest BCUT2D eigenvalue weighted by atomic mass is 9.84. The smallest absolute Gasteiger partial charge is 0.0102 e. The summed E-state index contributed by atoms with van der Waals surface area (Å²) in [5.74, 6) is 0.745. The van der Waals surface area contributed by atoms with Gasteiger partial charge in [0.25, 0.3) is 0 Å². The van der Waals surface area contributed by atoms with Gasteiger partial charge in [-0.05, 0) is 61.2 Å². The largest absolute Gasteiger partial charge is 0.316 e. The van der Waals surface area contributed by atoms with Crippen LogP contribution in [0.3, 0.4) is 0 Å². The normalized spacial score (nSPS) is 13.1. The van der Waals surface area contributed by atoms with Gasteiger partial charge in [0.2, 0.25) is 0 Å². The molecule has 0 aliphatic rings. The molecule has 0 radical (unpaired) electrons. The van der Waals surface area contributed by atoms with Crippen LogP contribution in [0.4, 0.5) is 0 Å².